The Bertz CT molecular complexity index is 986. The highest BCUT2D eigenvalue weighted by Gasteiger charge is 2.59. The van der Waals surface area contributed by atoms with Crippen LogP contribution in [-0.4, -0.2) is 70.5 Å². The Morgan fingerprint density at radius 3 is 2.45 bits per heavy atom. The molecule has 0 aromatic heterocycles. The molecule has 8 rings (SSSR count). The number of aliphatic carboxylic acids is 2. The predicted molar refractivity (Wildman–Crippen MR) is 145 cm³/mol. The molecule has 40 heavy (non-hydrogen) atoms. The molecule has 0 aromatic rings. The summed E-state index contributed by atoms with van der Waals surface area (Å²) in [4.78, 5) is 22.8. The molecule has 4 heterocycles. The average Bonchev–Trinajstić information content (AvgIpc) is 3.76. The van der Waals surface area contributed by atoms with Gasteiger partial charge >= 0.3 is 11.9 Å². The maximum Gasteiger partial charge on any atom is 0.309 e. The second-order valence-electron chi connectivity index (χ2n) is 14.8. The Morgan fingerprint density at radius 2 is 1.70 bits per heavy atom. The zero-order valence-corrected chi connectivity index (χ0v) is 24.0. The minimum Gasteiger partial charge on any atom is -0.481 e. The van der Waals surface area contributed by atoms with Gasteiger partial charge in [0.1, 0.15) is 0 Å². The van der Waals surface area contributed by atoms with Gasteiger partial charge in [0.15, 0.2) is 0 Å². The zero-order valence-electron chi connectivity index (χ0n) is 24.0. The summed E-state index contributed by atoms with van der Waals surface area (Å²) in [5.41, 5.74) is -0.466. The van der Waals surface area contributed by atoms with E-state index in [2.05, 4.69) is 6.92 Å². The van der Waals surface area contributed by atoms with Gasteiger partial charge in [0.25, 0.3) is 0 Å². The lowest BCUT2D eigenvalue weighted by Gasteiger charge is -2.35. The van der Waals surface area contributed by atoms with Crippen LogP contribution in [0.5, 0.6) is 0 Å². The smallest absolute Gasteiger partial charge is 0.309 e. The molecule has 13 atom stereocenters. The van der Waals surface area contributed by atoms with Gasteiger partial charge in [-0.25, -0.2) is 0 Å². The Hall–Kier alpha value is -1.22. The van der Waals surface area contributed by atoms with Crippen LogP contribution in [0.25, 0.3) is 0 Å². The molecular formula is C32H48O8. The highest BCUT2D eigenvalue weighted by Crippen LogP contribution is 2.54. The van der Waals surface area contributed by atoms with E-state index in [-0.39, 0.29) is 23.7 Å². The Balaban J connectivity index is 0.000000135. The van der Waals surface area contributed by atoms with Crippen molar-refractivity contribution in [3.63, 3.8) is 0 Å². The molecule has 8 nitrogen and oxygen atoms in total. The first-order chi connectivity index (χ1) is 19.3. The molecule has 0 amide bonds. The lowest BCUT2D eigenvalue weighted by atomic mass is 9.67. The van der Waals surface area contributed by atoms with Crippen molar-refractivity contribution in [1.29, 1.82) is 0 Å². The van der Waals surface area contributed by atoms with Crippen LogP contribution in [-0.2, 0) is 28.5 Å². The van der Waals surface area contributed by atoms with E-state index in [1.165, 1.54) is 44.9 Å². The van der Waals surface area contributed by atoms with E-state index < -0.39 is 17.4 Å². The quantitative estimate of drug-likeness (QED) is 0.286. The number of carboxylic acids is 2. The lowest BCUT2D eigenvalue weighted by molar-refractivity contribution is -0.152. The van der Waals surface area contributed by atoms with Gasteiger partial charge in [0.2, 0.25) is 0 Å². The Morgan fingerprint density at radius 1 is 0.850 bits per heavy atom. The average molecular weight is 561 g/mol. The van der Waals surface area contributed by atoms with Gasteiger partial charge in [0, 0.05) is 0 Å². The number of epoxide rings is 4. The topological polar surface area (TPSA) is 125 Å². The molecule has 8 heteroatoms. The van der Waals surface area contributed by atoms with Gasteiger partial charge in [0.05, 0.1) is 59.7 Å². The van der Waals surface area contributed by atoms with Crippen molar-refractivity contribution >= 4 is 11.9 Å². The van der Waals surface area contributed by atoms with Crippen molar-refractivity contribution in [2.75, 3.05) is 0 Å². The van der Waals surface area contributed by atoms with Crippen LogP contribution in [0, 0.1) is 29.1 Å². The van der Waals surface area contributed by atoms with E-state index in [4.69, 9.17) is 24.1 Å². The van der Waals surface area contributed by atoms with Gasteiger partial charge in [-0.15, -0.1) is 0 Å². The molecule has 13 unspecified atom stereocenters. The van der Waals surface area contributed by atoms with E-state index in [1.54, 1.807) is 0 Å². The Kier molecular flexibility index (Phi) is 7.24. The standard InChI is InChI=1S/C18H28O4.C14H20O4/c1-11-8-12(9-14-16(11)21-14)4-2-3-6-18-7-5-13(17(19)20)10-15(18)22-18;15-13(16)14(5-4-9-11(7-14)17-9)6-8-2-1-3-10-12(8)18-10/h11-16H,2-10H2,1H3,(H,19,20);8-12H,1-7H2,(H,15,16). The number of carbonyl (C=O) groups is 2. The van der Waals surface area contributed by atoms with Crippen molar-refractivity contribution in [1.82, 2.24) is 0 Å². The fourth-order valence-corrected chi connectivity index (χ4v) is 9.37. The minimum absolute atomic E-state index is 0.0660. The molecule has 0 bridgehead atoms. The van der Waals surface area contributed by atoms with Crippen LogP contribution in [0.2, 0.25) is 0 Å². The third-order valence-electron chi connectivity index (χ3n) is 12.0. The monoisotopic (exact) mass is 560 g/mol. The molecule has 8 aliphatic rings. The highest BCUT2D eigenvalue weighted by molar-refractivity contribution is 5.75. The third-order valence-corrected chi connectivity index (χ3v) is 12.0. The molecule has 224 valence electrons. The fourth-order valence-electron chi connectivity index (χ4n) is 9.37. The number of unbranched alkanes of at least 4 members (excludes halogenated alkanes) is 1. The molecular weight excluding hydrogens is 512 g/mol. The normalized spacial score (nSPS) is 51.0. The zero-order chi connectivity index (χ0) is 27.6. The summed E-state index contributed by atoms with van der Waals surface area (Å²) in [6, 6.07) is 0. The second kappa shape index (κ2) is 10.5. The summed E-state index contributed by atoms with van der Waals surface area (Å²) in [6.45, 7) is 2.33. The molecule has 4 aliphatic heterocycles. The summed E-state index contributed by atoms with van der Waals surface area (Å²) >= 11 is 0. The highest BCUT2D eigenvalue weighted by atomic mass is 16.6. The molecule has 2 N–H and O–H groups in total. The number of hydrogen-bond donors (Lipinski definition) is 2. The first-order valence-corrected chi connectivity index (χ1v) is 16.4. The van der Waals surface area contributed by atoms with Crippen LogP contribution in [0.1, 0.15) is 110 Å². The summed E-state index contributed by atoms with van der Waals surface area (Å²) in [6.07, 6.45) is 19.6. The van der Waals surface area contributed by atoms with E-state index in [0.29, 0.717) is 36.4 Å². The summed E-state index contributed by atoms with van der Waals surface area (Å²) in [5.74, 6) is 0.654. The molecule has 0 radical (unpaired) electrons. The van der Waals surface area contributed by atoms with E-state index in [9.17, 15) is 14.7 Å². The lowest BCUT2D eigenvalue weighted by Crippen LogP contribution is -2.39. The molecule has 8 fully saturated rings. The van der Waals surface area contributed by atoms with Crippen LogP contribution < -0.4 is 0 Å². The van der Waals surface area contributed by atoms with Crippen LogP contribution in [0.4, 0.5) is 0 Å². The number of fused-ring (bicyclic) bond motifs is 4. The number of ether oxygens (including phenoxy) is 4. The maximum absolute atomic E-state index is 11.7. The molecule has 4 saturated heterocycles. The van der Waals surface area contributed by atoms with Crippen molar-refractivity contribution in [2.24, 2.45) is 29.1 Å². The largest absolute Gasteiger partial charge is 0.481 e. The second-order valence-corrected chi connectivity index (χ2v) is 14.8. The SMILES string of the molecule is CC1CC(CCCCC23CCC(C(=O)O)CC2O3)CC2OC12.O=C(O)C1(CC2CCCC3OC23)CCC2OC2C1. The van der Waals surface area contributed by atoms with E-state index in [0.717, 1.165) is 69.6 Å². The fraction of sp³-hybridized carbons (Fsp3) is 0.938. The van der Waals surface area contributed by atoms with Crippen molar-refractivity contribution in [3.05, 3.63) is 0 Å². The summed E-state index contributed by atoms with van der Waals surface area (Å²) < 4.78 is 22.8. The number of carboxylic acid groups (broad SMARTS) is 2. The van der Waals surface area contributed by atoms with Crippen LogP contribution in [0.3, 0.4) is 0 Å². The number of hydrogen-bond acceptors (Lipinski definition) is 6. The Labute approximate surface area is 237 Å². The van der Waals surface area contributed by atoms with Gasteiger partial charge in [-0.2, -0.15) is 0 Å². The first kappa shape index (κ1) is 27.6. The molecule has 4 aliphatic carbocycles. The molecule has 4 saturated carbocycles. The first-order valence-electron chi connectivity index (χ1n) is 16.4. The number of rotatable bonds is 9. The van der Waals surface area contributed by atoms with Gasteiger partial charge in [-0.3, -0.25) is 9.59 Å². The van der Waals surface area contributed by atoms with E-state index in [1.807, 2.05) is 0 Å². The summed E-state index contributed by atoms with van der Waals surface area (Å²) in [7, 11) is 0. The van der Waals surface area contributed by atoms with Crippen molar-refractivity contribution in [2.45, 2.75) is 158 Å². The molecule has 0 spiro atoms. The molecule has 0 aromatic carbocycles. The minimum atomic E-state index is -0.642. The van der Waals surface area contributed by atoms with Gasteiger partial charge in [-0.05, 0) is 94.8 Å². The maximum atomic E-state index is 11.7. The van der Waals surface area contributed by atoms with E-state index >= 15 is 0 Å². The third kappa shape index (κ3) is 5.59. The van der Waals surface area contributed by atoms with Crippen LogP contribution in [0.15, 0.2) is 0 Å². The van der Waals surface area contributed by atoms with Crippen LogP contribution >= 0.6 is 0 Å². The van der Waals surface area contributed by atoms with Crippen molar-refractivity contribution in [3.8, 4) is 0 Å². The van der Waals surface area contributed by atoms with Crippen molar-refractivity contribution < 1.29 is 38.7 Å². The predicted octanol–water partition coefficient (Wildman–Crippen LogP) is 5.35. The summed E-state index contributed by atoms with van der Waals surface area (Å²) in [5, 5.41) is 18.8. The van der Waals surface area contributed by atoms with Gasteiger partial charge < -0.3 is 29.2 Å². The van der Waals surface area contributed by atoms with Gasteiger partial charge in [-0.1, -0.05) is 32.6 Å².